The van der Waals surface area contributed by atoms with Crippen LogP contribution in [0.2, 0.25) is 5.02 Å². The van der Waals surface area contributed by atoms with Crippen LogP contribution in [-0.4, -0.2) is 108 Å². The average Bonchev–Trinajstić information content (AvgIpc) is 3.70. The Balaban J connectivity index is 1.10. The van der Waals surface area contributed by atoms with Crippen LogP contribution in [0.1, 0.15) is 16.8 Å². The molecule has 7 aromatic rings. The SMILES string of the molecule is COc1ccc(OCc2ccnc(-c3ccccc3OC)n2)c(C[C@@H](Oc2ncnc3sc(-c4ccc(F)cc4)c(-c4ccc(OCCN5CCN(C)CC5)c(Cl)c4C)c23)C(=O)O)c1. The number of piperazine rings is 1. The number of benzene rings is 4. The highest BCUT2D eigenvalue weighted by Gasteiger charge is 2.29. The number of halogens is 2. The Morgan fingerprint density at radius 1 is 0.891 bits per heavy atom. The Morgan fingerprint density at radius 2 is 1.67 bits per heavy atom. The van der Waals surface area contributed by atoms with E-state index in [-0.39, 0.29) is 24.7 Å². The summed E-state index contributed by atoms with van der Waals surface area (Å²) < 4.78 is 44.2. The lowest BCUT2D eigenvalue weighted by atomic mass is 9.96. The second-order valence-corrected chi connectivity index (χ2v) is 16.6. The number of likely N-dealkylation sites (N-methyl/N-ethyl adjacent to an activating group) is 1. The predicted molar refractivity (Wildman–Crippen MR) is 245 cm³/mol. The third-order valence-electron chi connectivity index (χ3n) is 11.1. The summed E-state index contributed by atoms with van der Waals surface area (Å²) in [5.41, 5.74) is 4.68. The van der Waals surface area contributed by atoms with Crippen LogP contribution in [0.5, 0.6) is 28.9 Å². The van der Waals surface area contributed by atoms with Gasteiger partial charge in [-0.15, -0.1) is 11.3 Å². The molecule has 1 fully saturated rings. The monoisotopic (exact) mass is 904 g/mol. The normalized spacial score (nSPS) is 13.7. The van der Waals surface area contributed by atoms with Crippen LogP contribution in [-0.2, 0) is 17.8 Å². The number of hydrogen-bond acceptors (Lipinski definition) is 13. The molecule has 0 saturated carbocycles. The number of thiophene rings is 1. The summed E-state index contributed by atoms with van der Waals surface area (Å²) in [7, 11) is 5.24. The van der Waals surface area contributed by atoms with Crippen molar-refractivity contribution in [1.82, 2.24) is 29.7 Å². The number of nitrogens with zero attached hydrogens (tertiary/aromatic N) is 6. The van der Waals surface area contributed by atoms with E-state index in [4.69, 9.17) is 40.3 Å². The van der Waals surface area contributed by atoms with Crippen molar-refractivity contribution >= 4 is 39.1 Å². The third kappa shape index (κ3) is 9.87. The minimum Gasteiger partial charge on any atom is -0.497 e. The second-order valence-electron chi connectivity index (χ2n) is 15.2. The van der Waals surface area contributed by atoms with Gasteiger partial charge in [0.1, 0.15) is 53.2 Å². The fourth-order valence-electron chi connectivity index (χ4n) is 7.54. The van der Waals surface area contributed by atoms with E-state index in [1.807, 2.05) is 43.3 Å². The quantitative estimate of drug-likeness (QED) is 0.0931. The molecule has 13 nitrogen and oxygen atoms in total. The number of hydrogen-bond donors (Lipinski definition) is 1. The van der Waals surface area contributed by atoms with Gasteiger partial charge in [0.15, 0.2) is 5.82 Å². The van der Waals surface area contributed by atoms with Crippen molar-refractivity contribution in [2.45, 2.75) is 26.1 Å². The van der Waals surface area contributed by atoms with E-state index in [1.54, 1.807) is 49.7 Å². The molecule has 330 valence electrons. The molecule has 4 aromatic carbocycles. The molecule has 1 aliphatic rings. The molecule has 64 heavy (non-hydrogen) atoms. The van der Waals surface area contributed by atoms with Crippen molar-refractivity contribution in [3.05, 3.63) is 125 Å². The fraction of sp³-hybridized carbons (Fsp3) is 0.271. The van der Waals surface area contributed by atoms with Crippen LogP contribution in [0.15, 0.2) is 97.5 Å². The number of carbonyl (C=O) groups is 1. The first-order chi connectivity index (χ1) is 31.1. The van der Waals surface area contributed by atoms with Crippen molar-refractivity contribution < 1.29 is 38.0 Å². The molecular weight excluding hydrogens is 859 g/mol. The highest BCUT2D eigenvalue weighted by Crippen LogP contribution is 2.49. The summed E-state index contributed by atoms with van der Waals surface area (Å²) in [6, 6.07) is 24.3. The Labute approximate surface area is 379 Å². The van der Waals surface area contributed by atoms with Gasteiger partial charge in [0.05, 0.1) is 35.9 Å². The number of aromatic nitrogens is 4. The fourth-order valence-corrected chi connectivity index (χ4v) is 8.91. The highest BCUT2D eigenvalue weighted by atomic mass is 35.5. The van der Waals surface area contributed by atoms with Gasteiger partial charge >= 0.3 is 5.97 Å². The van der Waals surface area contributed by atoms with Crippen molar-refractivity contribution in [1.29, 1.82) is 0 Å². The Bertz CT molecular complexity index is 2770. The molecule has 0 aliphatic carbocycles. The van der Waals surface area contributed by atoms with Crippen LogP contribution < -0.4 is 23.7 Å². The van der Waals surface area contributed by atoms with Crippen LogP contribution in [0.4, 0.5) is 4.39 Å². The van der Waals surface area contributed by atoms with Crippen molar-refractivity contribution in [3.8, 4) is 61.8 Å². The van der Waals surface area contributed by atoms with Crippen LogP contribution >= 0.6 is 22.9 Å². The van der Waals surface area contributed by atoms with E-state index in [0.29, 0.717) is 67.5 Å². The Hall–Kier alpha value is -6.39. The molecule has 1 atom stereocenters. The minimum absolute atomic E-state index is 0.0512. The van der Waals surface area contributed by atoms with Gasteiger partial charge in [-0.3, -0.25) is 4.90 Å². The number of carboxylic acid groups (broad SMARTS) is 1. The minimum atomic E-state index is -1.44. The van der Waals surface area contributed by atoms with Gasteiger partial charge in [-0.05, 0) is 85.3 Å². The lowest BCUT2D eigenvalue weighted by Crippen LogP contribution is -2.45. The molecule has 4 heterocycles. The predicted octanol–water partition coefficient (Wildman–Crippen LogP) is 8.88. The smallest absolute Gasteiger partial charge is 0.345 e. The van der Waals surface area contributed by atoms with E-state index < -0.39 is 12.1 Å². The van der Waals surface area contributed by atoms with Gasteiger partial charge in [0.25, 0.3) is 0 Å². The molecule has 1 N–H and O–H groups in total. The summed E-state index contributed by atoms with van der Waals surface area (Å²) in [5, 5.41) is 11.6. The van der Waals surface area contributed by atoms with Gasteiger partial charge < -0.3 is 33.7 Å². The molecule has 1 aliphatic heterocycles. The lowest BCUT2D eigenvalue weighted by Gasteiger charge is -2.32. The summed E-state index contributed by atoms with van der Waals surface area (Å²) in [5.74, 6) is 0.998. The number of aliphatic carboxylic acids is 1. The van der Waals surface area contributed by atoms with Crippen LogP contribution in [0.25, 0.3) is 43.2 Å². The molecule has 0 radical (unpaired) electrons. The lowest BCUT2D eigenvalue weighted by molar-refractivity contribution is -0.145. The topological polar surface area (TPSA) is 141 Å². The van der Waals surface area contributed by atoms with Crippen molar-refractivity contribution in [2.75, 3.05) is 60.6 Å². The van der Waals surface area contributed by atoms with Gasteiger partial charge in [-0.2, -0.15) is 0 Å². The average molecular weight is 905 g/mol. The van der Waals surface area contributed by atoms with Gasteiger partial charge in [0, 0.05) is 61.3 Å². The molecule has 0 spiro atoms. The van der Waals surface area contributed by atoms with E-state index in [1.165, 1.54) is 36.9 Å². The first-order valence-electron chi connectivity index (χ1n) is 20.6. The van der Waals surface area contributed by atoms with Gasteiger partial charge in [-0.25, -0.2) is 29.1 Å². The molecule has 0 bridgehead atoms. The molecule has 0 amide bonds. The van der Waals surface area contributed by atoms with Gasteiger partial charge in [-0.1, -0.05) is 41.9 Å². The van der Waals surface area contributed by atoms with Crippen LogP contribution in [0.3, 0.4) is 0 Å². The maximum Gasteiger partial charge on any atom is 0.345 e. The number of ether oxygens (including phenoxy) is 5. The molecule has 1 saturated heterocycles. The summed E-state index contributed by atoms with van der Waals surface area (Å²) in [4.78, 5) is 37.4. The molecule has 8 rings (SSSR count). The number of rotatable bonds is 17. The first-order valence-corrected chi connectivity index (χ1v) is 21.8. The molecular formula is C48H46ClFN6O7S. The van der Waals surface area contributed by atoms with E-state index in [2.05, 4.69) is 31.8 Å². The summed E-state index contributed by atoms with van der Waals surface area (Å²) in [6.45, 7) is 7.17. The zero-order valence-electron chi connectivity index (χ0n) is 35.7. The maximum absolute atomic E-state index is 14.3. The maximum atomic E-state index is 14.3. The molecule has 16 heteroatoms. The highest BCUT2D eigenvalue weighted by molar-refractivity contribution is 7.22. The number of methoxy groups -OCH3 is 2. The van der Waals surface area contributed by atoms with E-state index in [0.717, 1.165) is 59.9 Å². The Kier molecular flexibility index (Phi) is 13.8. The zero-order chi connectivity index (χ0) is 44.7. The number of carboxylic acids is 1. The third-order valence-corrected chi connectivity index (χ3v) is 12.7. The Morgan fingerprint density at radius 3 is 2.44 bits per heavy atom. The summed E-state index contributed by atoms with van der Waals surface area (Å²) >= 11 is 8.42. The second kappa shape index (κ2) is 20.0. The van der Waals surface area contributed by atoms with Crippen molar-refractivity contribution in [2.24, 2.45) is 0 Å². The first kappa shape index (κ1) is 44.2. The zero-order valence-corrected chi connectivity index (χ0v) is 37.3. The van der Waals surface area contributed by atoms with E-state index >= 15 is 0 Å². The van der Waals surface area contributed by atoms with Crippen molar-refractivity contribution in [3.63, 3.8) is 0 Å². The number of fused-ring (bicyclic) bond motifs is 1. The molecule has 3 aromatic heterocycles. The summed E-state index contributed by atoms with van der Waals surface area (Å²) in [6.07, 6.45) is 1.42. The van der Waals surface area contributed by atoms with E-state index in [9.17, 15) is 14.3 Å². The van der Waals surface area contributed by atoms with Crippen LogP contribution in [0, 0.1) is 12.7 Å². The number of para-hydroxylation sites is 1. The van der Waals surface area contributed by atoms with Gasteiger partial charge in [0.2, 0.25) is 12.0 Å². The molecule has 0 unspecified atom stereocenters. The standard InChI is InChI=1S/C48H46ClFN6O7S/c1-29-35(14-16-39(43(29)49)61-24-23-56-21-19-55(2)20-22-56)41-42-46(52-28-53-47(42)64-44(41)30-9-11-32(50)12-10-30)63-40(48(57)58)26-31-25-34(59-3)13-15-37(31)62-27-33-17-18-51-45(54-33)36-7-5-6-8-38(36)60-4/h5-18,25,28,40H,19-24,26-27H2,1-4H3,(H,57,58)/t40-/m1/s1. The largest absolute Gasteiger partial charge is 0.497 e.